The molecular weight excluding hydrogens is 414 g/mol. The topological polar surface area (TPSA) is 82.5 Å². The number of alkyl halides is 1. The van der Waals surface area contributed by atoms with Crippen LogP contribution in [0, 0.1) is 0 Å². The van der Waals surface area contributed by atoms with Crippen LogP contribution in [0.5, 0.6) is 0 Å². The van der Waals surface area contributed by atoms with Crippen molar-refractivity contribution in [1.29, 1.82) is 0 Å². The number of aromatic amines is 1. The van der Waals surface area contributed by atoms with Gasteiger partial charge in [0, 0.05) is 10.6 Å². The van der Waals surface area contributed by atoms with E-state index in [1.807, 2.05) is 13.8 Å². The molecule has 3 rings (SSSR count). The average Bonchev–Trinajstić information content (AvgIpc) is 2.87. The van der Waals surface area contributed by atoms with E-state index in [0.717, 1.165) is 0 Å². The van der Waals surface area contributed by atoms with Crippen molar-refractivity contribution >= 4 is 34.2 Å². The van der Waals surface area contributed by atoms with Crippen LogP contribution >= 0.6 is 34.2 Å². The summed E-state index contributed by atoms with van der Waals surface area (Å²) in [7, 11) is 0. The number of hydrogen-bond donors (Lipinski definition) is 1. The fraction of sp³-hybridized carbons (Fsp3) is 0.667. The van der Waals surface area contributed by atoms with Crippen LogP contribution in [0.3, 0.4) is 0 Å². The van der Waals surface area contributed by atoms with Crippen LogP contribution in [0.2, 0.25) is 5.02 Å². The Morgan fingerprint density at radius 2 is 2.05 bits per heavy atom. The van der Waals surface area contributed by atoms with Crippen LogP contribution in [-0.4, -0.2) is 38.1 Å². The molecule has 2 aliphatic rings. The van der Waals surface area contributed by atoms with Crippen molar-refractivity contribution in [3.05, 3.63) is 32.1 Å². The zero-order valence-electron chi connectivity index (χ0n) is 11.3. The standard InChI is InChI=1S/C12H14ClIN2O5/c1-12(2)20-7-6(3-14)19-10(8(7)21-12)16-4-5(13)9(17)15-11(16)18/h4,6-8,10H,3H2,1-2H3,(H,15,17,18)/t6-,7?,8+,10?/m1/s1. The number of H-pyrrole nitrogens is 1. The molecule has 4 atom stereocenters. The van der Waals surface area contributed by atoms with Gasteiger partial charge in [0.1, 0.15) is 17.2 Å². The third kappa shape index (κ3) is 2.67. The number of aromatic nitrogens is 2. The second-order valence-electron chi connectivity index (χ2n) is 5.43. The summed E-state index contributed by atoms with van der Waals surface area (Å²) in [5.74, 6) is -0.739. The van der Waals surface area contributed by atoms with E-state index in [-0.39, 0.29) is 17.2 Å². The SMILES string of the molecule is CC1(C)OC2[C@H](O1)C(n1cc(Cl)c(=O)[nH]c1=O)O[C@@H]2CI. The van der Waals surface area contributed by atoms with E-state index in [4.69, 9.17) is 25.8 Å². The van der Waals surface area contributed by atoms with Gasteiger partial charge in [-0.15, -0.1) is 0 Å². The summed E-state index contributed by atoms with van der Waals surface area (Å²) >= 11 is 8.00. The molecule has 0 saturated carbocycles. The minimum atomic E-state index is -0.739. The Morgan fingerprint density at radius 1 is 1.38 bits per heavy atom. The van der Waals surface area contributed by atoms with Gasteiger partial charge in [0.15, 0.2) is 12.0 Å². The molecule has 2 fully saturated rings. The minimum absolute atomic E-state index is 0.0779. The fourth-order valence-corrected chi connectivity index (χ4v) is 3.52. The summed E-state index contributed by atoms with van der Waals surface area (Å²) in [6, 6.07) is 0. The predicted molar refractivity (Wildman–Crippen MR) is 83.0 cm³/mol. The second-order valence-corrected chi connectivity index (χ2v) is 6.72. The molecule has 0 bridgehead atoms. The van der Waals surface area contributed by atoms with Crippen LogP contribution in [-0.2, 0) is 14.2 Å². The summed E-state index contributed by atoms with van der Waals surface area (Å²) in [5, 5.41) is -0.0779. The molecule has 1 aromatic heterocycles. The van der Waals surface area contributed by atoms with Gasteiger partial charge in [0.05, 0.1) is 6.10 Å². The first kappa shape index (κ1) is 15.5. The highest BCUT2D eigenvalue weighted by molar-refractivity contribution is 14.1. The molecule has 0 spiro atoms. The maximum Gasteiger partial charge on any atom is 0.330 e. The molecule has 0 aliphatic carbocycles. The molecule has 21 heavy (non-hydrogen) atoms. The Labute approximate surface area is 138 Å². The van der Waals surface area contributed by atoms with Crippen molar-refractivity contribution in [1.82, 2.24) is 9.55 Å². The van der Waals surface area contributed by atoms with E-state index < -0.39 is 29.4 Å². The lowest BCUT2D eigenvalue weighted by Gasteiger charge is -2.24. The van der Waals surface area contributed by atoms with Crippen molar-refractivity contribution in [3.8, 4) is 0 Å². The molecule has 2 saturated heterocycles. The Morgan fingerprint density at radius 3 is 2.71 bits per heavy atom. The number of nitrogens with zero attached hydrogens (tertiary/aromatic N) is 1. The van der Waals surface area contributed by atoms with Crippen LogP contribution in [0.1, 0.15) is 20.1 Å². The summed E-state index contributed by atoms with van der Waals surface area (Å²) in [5.41, 5.74) is -1.21. The van der Waals surface area contributed by atoms with Crippen LogP contribution in [0.25, 0.3) is 0 Å². The van der Waals surface area contributed by atoms with Gasteiger partial charge in [-0.2, -0.15) is 0 Å². The Kier molecular flexibility index (Phi) is 3.93. The van der Waals surface area contributed by atoms with E-state index in [0.29, 0.717) is 4.43 Å². The quantitative estimate of drug-likeness (QED) is 0.562. The number of hydrogen-bond acceptors (Lipinski definition) is 5. The van der Waals surface area contributed by atoms with Gasteiger partial charge in [-0.1, -0.05) is 34.2 Å². The first-order chi connectivity index (χ1) is 9.82. The van der Waals surface area contributed by atoms with Crippen molar-refractivity contribution in [2.45, 2.75) is 44.2 Å². The zero-order chi connectivity index (χ0) is 15.4. The molecule has 9 heteroatoms. The molecule has 0 aromatic carbocycles. The third-order valence-electron chi connectivity index (χ3n) is 3.48. The van der Waals surface area contributed by atoms with Crippen LogP contribution < -0.4 is 11.2 Å². The number of nitrogens with one attached hydrogen (secondary N) is 1. The number of halogens is 2. The van der Waals surface area contributed by atoms with Crippen LogP contribution in [0.4, 0.5) is 0 Å². The van der Waals surface area contributed by atoms with Gasteiger partial charge in [-0.3, -0.25) is 14.3 Å². The van der Waals surface area contributed by atoms with E-state index in [9.17, 15) is 9.59 Å². The Hall–Kier alpha value is -0.420. The first-order valence-corrected chi connectivity index (χ1v) is 8.31. The average molecular weight is 429 g/mol. The maximum absolute atomic E-state index is 12.0. The van der Waals surface area contributed by atoms with Gasteiger partial charge < -0.3 is 14.2 Å². The van der Waals surface area contributed by atoms with Crippen molar-refractivity contribution < 1.29 is 14.2 Å². The highest BCUT2D eigenvalue weighted by Crippen LogP contribution is 2.43. The molecule has 2 unspecified atom stereocenters. The van der Waals surface area contributed by atoms with Gasteiger partial charge in [0.2, 0.25) is 0 Å². The maximum atomic E-state index is 12.0. The number of ether oxygens (including phenoxy) is 3. The van der Waals surface area contributed by atoms with Crippen molar-refractivity contribution in [2.24, 2.45) is 0 Å². The highest BCUT2D eigenvalue weighted by atomic mass is 127. The fourth-order valence-electron chi connectivity index (χ4n) is 2.66. The van der Waals surface area contributed by atoms with E-state index in [2.05, 4.69) is 27.6 Å². The van der Waals surface area contributed by atoms with E-state index >= 15 is 0 Å². The monoisotopic (exact) mass is 428 g/mol. The minimum Gasteiger partial charge on any atom is -0.348 e. The highest BCUT2D eigenvalue weighted by Gasteiger charge is 2.55. The Bertz CT molecular complexity index is 672. The summed E-state index contributed by atoms with van der Waals surface area (Å²) < 4.78 is 19.5. The van der Waals surface area contributed by atoms with Crippen molar-refractivity contribution in [2.75, 3.05) is 4.43 Å². The third-order valence-corrected chi connectivity index (χ3v) is 4.61. The van der Waals surface area contributed by atoms with Gasteiger partial charge in [-0.25, -0.2) is 4.79 Å². The van der Waals surface area contributed by atoms with Crippen molar-refractivity contribution in [3.63, 3.8) is 0 Å². The number of rotatable bonds is 2. The molecule has 7 nitrogen and oxygen atoms in total. The number of fused-ring (bicyclic) bond motifs is 1. The lowest BCUT2D eigenvalue weighted by molar-refractivity contribution is -0.194. The lowest BCUT2D eigenvalue weighted by Crippen LogP contribution is -2.37. The largest absolute Gasteiger partial charge is 0.348 e. The first-order valence-electron chi connectivity index (χ1n) is 6.40. The van der Waals surface area contributed by atoms with Gasteiger partial charge in [-0.05, 0) is 13.8 Å². The summed E-state index contributed by atoms with van der Waals surface area (Å²) in [6.07, 6.45) is -0.299. The molecule has 3 heterocycles. The van der Waals surface area contributed by atoms with E-state index in [1.54, 1.807) is 0 Å². The molecular formula is C12H14ClIN2O5. The second kappa shape index (κ2) is 5.34. The van der Waals surface area contributed by atoms with Gasteiger partial charge in [0.25, 0.3) is 5.56 Å². The molecule has 2 aliphatic heterocycles. The summed E-state index contributed by atoms with van der Waals surface area (Å²) in [4.78, 5) is 25.5. The smallest absolute Gasteiger partial charge is 0.330 e. The molecule has 0 radical (unpaired) electrons. The van der Waals surface area contributed by atoms with Crippen LogP contribution in [0.15, 0.2) is 15.8 Å². The molecule has 116 valence electrons. The summed E-state index contributed by atoms with van der Waals surface area (Å²) in [6.45, 7) is 3.63. The van der Waals surface area contributed by atoms with Gasteiger partial charge >= 0.3 is 5.69 Å². The lowest BCUT2D eigenvalue weighted by atomic mass is 10.1. The predicted octanol–water partition coefficient (Wildman–Crippen LogP) is 1.04. The van der Waals surface area contributed by atoms with E-state index in [1.165, 1.54) is 10.8 Å². The molecule has 1 aromatic rings. The normalized spacial score (nSPS) is 34.1. The zero-order valence-corrected chi connectivity index (χ0v) is 14.3. The Balaban J connectivity index is 2.01. The molecule has 1 N–H and O–H groups in total. The molecule has 0 amide bonds.